The monoisotopic (exact) mass is 400 g/mol. The molecular formula is C23H36N4O2. The van der Waals surface area contributed by atoms with Crippen molar-refractivity contribution in [3.63, 3.8) is 0 Å². The number of nitrogens with zero attached hydrogens (tertiary/aromatic N) is 1. The Balaban J connectivity index is 1.69. The highest BCUT2D eigenvalue weighted by Gasteiger charge is 2.25. The third-order valence-corrected chi connectivity index (χ3v) is 6.13. The Kier molecular flexibility index (Phi) is 8.50. The van der Waals surface area contributed by atoms with Gasteiger partial charge in [0, 0.05) is 30.7 Å². The summed E-state index contributed by atoms with van der Waals surface area (Å²) in [7, 11) is 0. The SMILES string of the molecule is NCCCCCCC(NC1CCCCC1)c1cccc(N2CCC(=O)NC2=O)c1. The molecule has 1 aliphatic carbocycles. The van der Waals surface area contributed by atoms with Crippen LogP contribution < -0.4 is 21.3 Å². The number of urea groups is 1. The van der Waals surface area contributed by atoms with Crippen LogP contribution in [0.5, 0.6) is 0 Å². The lowest BCUT2D eigenvalue weighted by Crippen LogP contribution is -2.49. The molecule has 2 fully saturated rings. The van der Waals surface area contributed by atoms with Gasteiger partial charge >= 0.3 is 6.03 Å². The van der Waals surface area contributed by atoms with E-state index in [1.807, 2.05) is 12.1 Å². The number of imide groups is 1. The summed E-state index contributed by atoms with van der Waals surface area (Å²) in [5, 5.41) is 6.33. The molecule has 6 nitrogen and oxygen atoms in total. The first-order valence-electron chi connectivity index (χ1n) is 11.3. The molecule has 1 aliphatic heterocycles. The molecule has 6 heteroatoms. The van der Waals surface area contributed by atoms with E-state index in [1.54, 1.807) is 4.90 Å². The molecule has 1 saturated carbocycles. The van der Waals surface area contributed by atoms with Crippen molar-refractivity contribution in [3.05, 3.63) is 29.8 Å². The number of nitrogens with two attached hydrogens (primary N) is 1. The van der Waals surface area contributed by atoms with Gasteiger partial charge in [0.15, 0.2) is 0 Å². The van der Waals surface area contributed by atoms with Crippen LogP contribution in [0.2, 0.25) is 0 Å². The molecule has 29 heavy (non-hydrogen) atoms. The predicted molar refractivity (Wildman–Crippen MR) is 117 cm³/mol. The molecule has 1 aromatic carbocycles. The minimum atomic E-state index is -0.322. The van der Waals surface area contributed by atoms with E-state index in [0.29, 0.717) is 25.0 Å². The number of hydrogen-bond acceptors (Lipinski definition) is 4. The zero-order valence-corrected chi connectivity index (χ0v) is 17.5. The molecule has 4 N–H and O–H groups in total. The van der Waals surface area contributed by atoms with Crippen molar-refractivity contribution >= 4 is 17.6 Å². The first-order chi connectivity index (χ1) is 14.2. The van der Waals surface area contributed by atoms with Gasteiger partial charge in [0.1, 0.15) is 0 Å². The largest absolute Gasteiger partial charge is 0.330 e. The number of rotatable bonds is 10. The number of anilines is 1. The second-order valence-corrected chi connectivity index (χ2v) is 8.40. The summed E-state index contributed by atoms with van der Waals surface area (Å²) >= 11 is 0. The van der Waals surface area contributed by atoms with Gasteiger partial charge in [-0.2, -0.15) is 0 Å². The number of benzene rings is 1. The Morgan fingerprint density at radius 3 is 2.66 bits per heavy atom. The molecular weight excluding hydrogens is 364 g/mol. The fraction of sp³-hybridized carbons (Fsp3) is 0.652. The number of hydrogen-bond donors (Lipinski definition) is 3. The molecule has 0 spiro atoms. The van der Waals surface area contributed by atoms with Crippen molar-refractivity contribution in [1.29, 1.82) is 0 Å². The van der Waals surface area contributed by atoms with E-state index in [4.69, 9.17) is 5.73 Å². The highest BCUT2D eigenvalue weighted by Crippen LogP contribution is 2.28. The van der Waals surface area contributed by atoms with E-state index in [9.17, 15) is 9.59 Å². The van der Waals surface area contributed by atoms with E-state index in [-0.39, 0.29) is 11.9 Å². The Morgan fingerprint density at radius 2 is 1.90 bits per heavy atom. The highest BCUT2D eigenvalue weighted by atomic mass is 16.2. The molecule has 1 unspecified atom stereocenters. The minimum Gasteiger partial charge on any atom is -0.330 e. The fourth-order valence-electron chi connectivity index (χ4n) is 4.47. The third-order valence-electron chi connectivity index (χ3n) is 6.13. The molecule has 160 valence electrons. The normalized spacial score (nSPS) is 19.3. The van der Waals surface area contributed by atoms with Gasteiger partial charge in [0.05, 0.1) is 0 Å². The third kappa shape index (κ3) is 6.54. The molecule has 0 bridgehead atoms. The van der Waals surface area contributed by atoms with Crippen molar-refractivity contribution in [3.8, 4) is 0 Å². The number of unbranched alkanes of at least 4 members (excludes halogenated alkanes) is 3. The van der Waals surface area contributed by atoms with Crippen molar-refractivity contribution in [2.45, 2.75) is 82.7 Å². The number of carbonyl (C=O) groups is 2. The smallest absolute Gasteiger partial charge is 0.328 e. The molecule has 1 atom stereocenters. The first kappa shape index (κ1) is 21.8. The van der Waals surface area contributed by atoms with E-state index < -0.39 is 0 Å². The molecule has 1 heterocycles. The lowest BCUT2D eigenvalue weighted by molar-refractivity contribution is -0.120. The van der Waals surface area contributed by atoms with Crippen LogP contribution in [0.4, 0.5) is 10.5 Å². The zero-order chi connectivity index (χ0) is 20.5. The topological polar surface area (TPSA) is 87.5 Å². The van der Waals surface area contributed by atoms with Crippen LogP contribution >= 0.6 is 0 Å². The number of amides is 3. The second-order valence-electron chi connectivity index (χ2n) is 8.40. The van der Waals surface area contributed by atoms with Crippen LogP contribution in [-0.4, -0.2) is 31.1 Å². The van der Waals surface area contributed by atoms with E-state index in [1.165, 1.54) is 56.9 Å². The Labute approximate surface area is 174 Å². The minimum absolute atomic E-state index is 0.197. The second kappa shape index (κ2) is 11.3. The average Bonchev–Trinajstić information content (AvgIpc) is 2.73. The van der Waals surface area contributed by atoms with Crippen LogP contribution in [0, 0.1) is 0 Å². The van der Waals surface area contributed by atoms with Gasteiger partial charge in [0.25, 0.3) is 0 Å². The standard InChI is InChI=1S/C23H36N4O2/c24-15-7-2-1-6-13-21(25-19-10-4-3-5-11-19)18-9-8-12-20(17-18)27-16-14-22(28)26-23(27)29/h8-9,12,17,19,21,25H,1-7,10-11,13-16,24H2,(H,26,28,29). The molecule has 1 aromatic rings. The summed E-state index contributed by atoms with van der Waals surface area (Å²) in [4.78, 5) is 25.4. The maximum atomic E-state index is 12.2. The first-order valence-corrected chi connectivity index (χ1v) is 11.3. The molecule has 3 amide bonds. The van der Waals surface area contributed by atoms with Crippen molar-refractivity contribution in [2.75, 3.05) is 18.0 Å². The van der Waals surface area contributed by atoms with Gasteiger partial charge < -0.3 is 11.1 Å². The summed E-state index contributed by atoms with van der Waals surface area (Å²) < 4.78 is 0. The van der Waals surface area contributed by atoms with Crippen molar-refractivity contribution in [1.82, 2.24) is 10.6 Å². The fourth-order valence-corrected chi connectivity index (χ4v) is 4.47. The highest BCUT2D eigenvalue weighted by molar-refractivity contribution is 6.05. The molecule has 0 radical (unpaired) electrons. The summed E-state index contributed by atoms with van der Waals surface area (Å²) in [6.07, 6.45) is 12.6. The van der Waals surface area contributed by atoms with Crippen LogP contribution in [0.15, 0.2) is 24.3 Å². The van der Waals surface area contributed by atoms with Gasteiger partial charge in [-0.1, -0.05) is 50.7 Å². The van der Waals surface area contributed by atoms with Crippen LogP contribution in [0.25, 0.3) is 0 Å². The van der Waals surface area contributed by atoms with Gasteiger partial charge in [-0.15, -0.1) is 0 Å². The number of nitrogens with one attached hydrogen (secondary N) is 2. The average molecular weight is 401 g/mol. The van der Waals surface area contributed by atoms with Gasteiger partial charge in [-0.3, -0.25) is 15.0 Å². The van der Waals surface area contributed by atoms with Gasteiger partial charge in [0.2, 0.25) is 5.91 Å². The van der Waals surface area contributed by atoms with Crippen molar-refractivity contribution in [2.24, 2.45) is 5.73 Å². The lowest BCUT2D eigenvalue weighted by atomic mass is 9.92. The lowest BCUT2D eigenvalue weighted by Gasteiger charge is -2.30. The molecule has 0 aromatic heterocycles. The summed E-state index contributed by atoms with van der Waals surface area (Å²) in [5.41, 5.74) is 7.72. The maximum Gasteiger partial charge on any atom is 0.328 e. The molecule has 1 saturated heterocycles. The van der Waals surface area contributed by atoms with E-state index >= 15 is 0 Å². The number of carbonyl (C=O) groups excluding carboxylic acids is 2. The molecule has 2 aliphatic rings. The Morgan fingerprint density at radius 1 is 1.10 bits per heavy atom. The van der Waals surface area contributed by atoms with E-state index in [0.717, 1.165) is 25.1 Å². The van der Waals surface area contributed by atoms with Gasteiger partial charge in [-0.25, -0.2) is 4.79 Å². The Hall–Kier alpha value is -1.92. The summed E-state index contributed by atoms with van der Waals surface area (Å²) in [5.74, 6) is -0.197. The Bertz CT molecular complexity index is 673. The van der Waals surface area contributed by atoms with Crippen molar-refractivity contribution < 1.29 is 9.59 Å². The maximum absolute atomic E-state index is 12.2. The van der Waals surface area contributed by atoms with Crippen LogP contribution in [0.3, 0.4) is 0 Å². The quantitative estimate of drug-likeness (QED) is 0.518. The van der Waals surface area contributed by atoms with Crippen LogP contribution in [-0.2, 0) is 4.79 Å². The predicted octanol–water partition coefficient (Wildman–Crippen LogP) is 4.01. The summed E-state index contributed by atoms with van der Waals surface area (Å²) in [6.45, 7) is 1.21. The van der Waals surface area contributed by atoms with Crippen LogP contribution in [0.1, 0.15) is 82.2 Å². The zero-order valence-electron chi connectivity index (χ0n) is 17.5. The van der Waals surface area contributed by atoms with E-state index in [2.05, 4.69) is 22.8 Å². The summed E-state index contributed by atoms with van der Waals surface area (Å²) in [6, 6.07) is 8.82. The van der Waals surface area contributed by atoms with Gasteiger partial charge in [-0.05, 0) is 49.9 Å². The molecule has 3 rings (SSSR count).